The van der Waals surface area contributed by atoms with Gasteiger partial charge in [0.15, 0.2) is 0 Å². The highest BCUT2D eigenvalue weighted by atomic mass is 16.5. The number of hydrogen-bond donors (Lipinski definition) is 2. The lowest BCUT2D eigenvalue weighted by Crippen LogP contribution is -2.50. The molecule has 0 aliphatic heterocycles. The number of methoxy groups -OCH3 is 1. The average molecular weight is 273 g/mol. The van der Waals surface area contributed by atoms with Gasteiger partial charge in [0.25, 0.3) is 0 Å². The first-order valence-corrected chi connectivity index (χ1v) is 6.01. The van der Waals surface area contributed by atoms with Crippen molar-refractivity contribution in [3.8, 4) is 0 Å². The van der Waals surface area contributed by atoms with E-state index in [2.05, 4.69) is 15.4 Å². The fourth-order valence-electron chi connectivity index (χ4n) is 1.25. The summed E-state index contributed by atoms with van der Waals surface area (Å²) in [5.74, 6) is -0.758. The van der Waals surface area contributed by atoms with Gasteiger partial charge in [-0.15, -0.1) is 0 Å². The molecule has 110 valence electrons. The van der Waals surface area contributed by atoms with Gasteiger partial charge in [-0.05, 0) is 27.8 Å². The molecule has 0 aromatic rings. The summed E-state index contributed by atoms with van der Waals surface area (Å²) in [5, 5.41) is 4.84. The van der Waals surface area contributed by atoms with Gasteiger partial charge in [-0.25, -0.2) is 4.79 Å². The van der Waals surface area contributed by atoms with Gasteiger partial charge in [0.1, 0.15) is 0 Å². The standard InChI is InChI=1S/C12H23N3O4/c1-12(2,3)14-11(18)13-9(16)8-15(4)7-6-10(17)19-5/h6-8H2,1-5H3,(H2,13,14,16,18). The number of esters is 1. The number of carbonyl (C=O) groups is 3. The Morgan fingerprint density at radius 3 is 2.26 bits per heavy atom. The van der Waals surface area contributed by atoms with Gasteiger partial charge in [-0.2, -0.15) is 0 Å². The van der Waals surface area contributed by atoms with Crippen LogP contribution in [0.25, 0.3) is 0 Å². The van der Waals surface area contributed by atoms with Crippen molar-refractivity contribution in [1.29, 1.82) is 0 Å². The molecule has 0 unspecified atom stereocenters. The van der Waals surface area contributed by atoms with E-state index in [0.717, 1.165) is 0 Å². The second-order valence-electron chi connectivity index (χ2n) is 5.32. The van der Waals surface area contributed by atoms with Crippen molar-refractivity contribution in [2.75, 3.05) is 27.2 Å². The molecule has 7 heteroatoms. The van der Waals surface area contributed by atoms with Gasteiger partial charge in [0.2, 0.25) is 5.91 Å². The highest BCUT2D eigenvalue weighted by Crippen LogP contribution is 1.97. The largest absolute Gasteiger partial charge is 0.469 e. The molecule has 0 aromatic heterocycles. The molecule has 0 saturated carbocycles. The minimum Gasteiger partial charge on any atom is -0.469 e. The van der Waals surface area contributed by atoms with Gasteiger partial charge in [-0.1, -0.05) is 0 Å². The first-order valence-electron chi connectivity index (χ1n) is 6.01. The van der Waals surface area contributed by atoms with Crippen LogP contribution in [-0.2, 0) is 14.3 Å². The van der Waals surface area contributed by atoms with Crippen LogP contribution in [0, 0.1) is 0 Å². The normalized spacial score (nSPS) is 11.1. The molecule has 0 radical (unpaired) electrons. The average Bonchev–Trinajstić information content (AvgIpc) is 2.22. The first-order chi connectivity index (χ1) is 8.64. The Morgan fingerprint density at radius 1 is 1.21 bits per heavy atom. The molecule has 3 amide bonds. The quantitative estimate of drug-likeness (QED) is 0.694. The summed E-state index contributed by atoms with van der Waals surface area (Å²) in [6.07, 6.45) is 0.203. The van der Waals surface area contributed by atoms with E-state index < -0.39 is 17.5 Å². The molecule has 0 atom stereocenters. The Bertz CT molecular complexity index is 336. The lowest BCUT2D eigenvalue weighted by atomic mass is 10.1. The summed E-state index contributed by atoms with van der Waals surface area (Å²) < 4.78 is 4.49. The summed E-state index contributed by atoms with van der Waals surface area (Å²) in [7, 11) is 3.00. The molecule has 0 fully saturated rings. The zero-order valence-corrected chi connectivity index (χ0v) is 12.2. The fraction of sp³-hybridized carbons (Fsp3) is 0.750. The van der Waals surface area contributed by atoms with Crippen LogP contribution < -0.4 is 10.6 Å². The van der Waals surface area contributed by atoms with E-state index in [-0.39, 0.29) is 18.9 Å². The van der Waals surface area contributed by atoms with Crippen LogP contribution >= 0.6 is 0 Å². The maximum atomic E-state index is 11.5. The van der Waals surface area contributed by atoms with Gasteiger partial charge >= 0.3 is 12.0 Å². The van der Waals surface area contributed by atoms with Crippen molar-refractivity contribution in [3.05, 3.63) is 0 Å². The molecule has 0 rings (SSSR count). The van der Waals surface area contributed by atoms with Crippen molar-refractivity contribution >= 4 is 17.9 Å². The van der Waals surface area contributed by atoms with Crippen LogP contribution in [0.2, 0.25) is 0 Å². The molecule has 0 aromatic carbocycles. The third-order valence-electron chi connectivity index (χ3n) is 2.08. The van der Waals surface area contributed by atoms with E-state index in [0.29, 0.717) is 6.54 Å². The van der Waals surface area contributed by atoms with Crippen LogP contribution in [0.1, 0.15) is 27.2 Å². The van der Waals surface area contributed by atoms with E-state index >= 15 is 0 Å². The topological polar surface area (TPSA) is 87.7 Å². The number of carbonyl (C=O) groups excluding carboxylic acids is 3. The Kier molecular flexibility index (Phi) is 7.06. The number of nitrogens with zero attached hydrogens (tertiary/aromatic N) is 1. The van der Waals surface area contributed by atoms with Gasteiger partial charge < -0.3 is 10.1 Å². The Morgan fingerprint density at radius 2 is 1.79 bits per heavy atom. The Hall–Kier alpha value is -1.63. The van der Waals surface area contributed by atoms with Crippen LogP contribution in [0.15, 0.2) is 0 Å². The zero-order valence-electron chi connectivity index (χ0n) is 12.2. The molecular formula is C12H23N3O4. The summed E-state index contributed by atoms with van der Waals surface area (Å²) in [5.41, 5.74) is -0.402. The number of rotatable bonds is 5. The van der Waals surface area contributed by atoms with Gasteiger partial charge in [0.05, 0.1) is 20.1 Å². The molecule has 0 spiro atoms. The van der Waals surface area contributed by atoms with Crippen LogP contribution in [-0.4, -0.2) is 55.6 Å². The number of hydrogen-bond acceptors (Lipinski definition) is 5. The molecule has 19 heavy (non-hydrogen) atoms. The number of imide groups is 1. The predicted octanol–water partition coefficient (Wildman–Crippen LogP) is 0.106. The maximum Gasteiger partial charge on any atom is 0.321 e. The smallest absolute Gasteiger partial charge is 0.321 e. The van der Waals surface area contributed by atoms with Gasteiger partial charge in [0, 0.05) is 12.1 Å². The highest BCUT2D eigenvalue weighted by molar-refractivity contribution is 5.95. The lowest BCUT2D eigenvalue weighted by molar-refractivity contribution is -0.141. The molecule has 0 aliphatic rings. The van der Waals surface area contributed by atoms with E-state index in [1.165, 1.54) is 7.11 Å². The van der Waals surface area contributed by atoms with Crippen LogP contribution in [0.5, 0.6) is 0 Å². The number of likely N-dealkylation sites (N-methyl/N-ethyl adjacent to an activating group) is 1. The number of nitrogens with one attached hydrogen (secondary N) is 2. The number of ether oxygens (including phenoxy) is 1. The van der Waals surface area contributed by atoms with Crippen LogP contribution in [0.4, 0.5) is 4.79 Å². The minimum absolute atomic E-state index is 0.0363. The maximum absolute atomic E-state index is 11.5. The summed E-state index contributed by atoms with van der Waals surface area (Å²) >= 11 is 0. The van der Waals surface area contributed by atoms with Crippen LogP contribution in [0.3, 0.4) is 0 Å². The van der Waals surface area contributed by atoms with Crippen molar-refractivity contribution in [2.45, 2.75) is 32.7 Å². The summed E-state index contributed by atoms with van der Waals surface area (Å²) in [6.45, 7) is 5.88. The minimum atomic E-state index is -0.529. The molecule has 0 heterocycles. The third kappa shape index (κ3) is 10.0. The Labute approximate surface area is 113 Å². The number of amides is 3. The van der Waals surface area contributed by atoms with Gasteiger partial charge in [-0.3, -0.25) is 19.8 Å². The summed E-state index contributed by atoms with van der Waals surface area (Å²) in [4.78, 5) is 35.5. The Balaban J connectivity index is 3.97. The monoisotopic (exact) mass is 273 g/mol. The zero-order chi connectivity index (χ0) is 15.1. The lowest BCUT2D eigenvalue weighted by Gasteiger charge is -2.21. The van der Waals surface area contributed by atoms with E-state index in [1.54, 1.807) is 11.9 Å². The molecule has 7 nitrogen and oxygen atoms in total. The second-order valence-corrected chi connectivity index (χ2v) is 5.32. The van der Waals surface area contributed by atoms with Crippen molar-refractivity contribution < 1.29 is 19.1 Å². The van der Waals surface area contributed by atoms with Crippen molar-refractivity contribution in [3.63, 3.8) is 0 Å². The van der Waals surface area contributed by atoms with E-state index in [1.807, 2.05) is 20.8 Å². The number of urea groups is 1. The van der Waals surface area contributed by atoms with E-state index in [4.69, 9.17) is 0 Å². The molecule has 2 N–H and O–H groups in total. The summed E-state index contributed by atoms with van der Waals surface area (Å²) in [6, 6.07) is -0.529. The molecule has 0 saturated heterocycles. The first kappa shape index (κ1) is 17.4. The fourth-order valence-corrected chi connectivity index (χ4v) is 1.25. The van der Waals surface area contributed by atoms with Crippen molar-refractivity contribution in [1.82, 2.24) is 15.5 Å². The molecule has 0 bridgehead atoms. The molecular weight excluding hydrogens is 250 g/mol. The molecule has 0 aliphatic carbocycles. The SMILES string of the molecule is COC(=O)CCN(C)CC(=O)NC(=O)NC(C)(C)C. The third-order valence-corrected chi connectivity index (χ3v) is 2.08. The predicted molar refractivity (Wildman–Crippen MR) is 70.6 cm³/mol. The highest BCUT2D eigenvalue weighted by Gasteiger charge is 2.16. The van der Waals surface area contributed by atoms with E-state index in [9.17, 15) is 14.4 Å². The second kappa shape index (κ2) is 7.73. The van der Waals surface area contributed by atoms with Crippen molar-refractivity contribution in [2.24, 2.45) is 0 Å².